The van der Waals surface area contributed by atoms with Crippen molar-refractivity contribution in [2.75, 3.05) is 47.5 Å². The Morgan fingerprint density at radius 2 is 0.679 bits per heavy atom. The van der Waals surface area contributed by atoms with Crippen molar-refractivity contribution in [1.82, 2.24) is 0 Å². The van der Waals surface area contributed by atoms with Gasteiger partial charge in [-0.05, 0) is 83.5 Å². The summed E-state index contributed by atoms with van der Waals surface area (Å²) in [6.07, 6.45) is 87.1. The van der Waals surface area contributed by atoms with Gasteiger partial charge < -0.3 is 27.9 Å². The first-order valence-electron chi connectivity index (χ1n) is 35.6. The largest absolute Gasteiger partial charge is 0.756 e. The van der Waals surface area contributed by atoms with Crippen molar-refractivity contribution in [2.24, 2.45) is 0 Å². The summed E-state index contributed by atoms with van der Waals surface area (Å²) in [5.74, 6) is -0.820. The fourth-order valence-corrected chi connectivity index (χ4v) is 11.0. The van der Waals surface area contributed by atoms with Crippen LogP contribution in [0.3, 0.4) is 0 Å². The summed E-state index contributed by atoms with van der Waals surface area (Å²) in [6, 6.07) is 0. The molecule has 2 unspecified atom stereocenters. The number of ether oxygens (including phenoxy) is 2. The van der Waals surface area contributed by atoms with E-state index in [1.165, 1.54) is 238 Å². The molecule has 0 N–H and O–H groups in total. The highest BCUT2D eigenvalue weighted by Gasteiger charge is 2.22. The number of unbranched alkanes of at least 4 members (excludes halogenated alkanes) is 40. The zero-order chi connectivity index (χ0) is 61.2. The van der Waals surface area contributed by atoms with Crippen molar-refractivity contribution in [1.29, 1.82) is 0 Å². The molecule has 0 amide bonds. The third-order valence-electron chi connectivity index (χ3n) is 15.7. The zero-order valence-electron chi connectivity index (χ0n) is 55.8. The molecule has 0 bridgehead atoms. The number of likely N-dealkylation sites (N-methyl/N-ethyl adjacent to an activating group) is 1. The Morgan fingerprint density at radius 1 is 0.381 bits per heavy atom. The second-order valence-corrected chi connectivity index (χ2v) is 26.6. The number of nitrogens with zero attached hydrogens (tertiary/aromatic N) is 1. The molecule has 0 spiro atoms. The van der Waals surface area contributed by atoms with Crippen molar-refractivity contribution in [2.45, 2.75) is 341 Å². The highest BCUT2D eigenvalue weighted by molar-refractivity contribution is 7.45. The van der Waals surface area contributed by atoms with Gasteiger partial charge in [-0.1, -0.05) is 311 Å². The maximum Gasteiger partial charge on any atom is 0.306 e. The Labute approximate surface area is 520 Å². The monoisotopic (exact) mass is 1200 g/mol. The molecule has 0 aliphatic rings. The van der Waals surface area contributed by atoms with E-state index in [0.29, 0.717) is 17.4 Å². The molecule has 490 valence electrons. The minimum absolute atomic E-state index is 0.0301. The molecule has 0 heterocycles. The third-order valence-corrected chi connectivity index (χ3v) is 16.7. The first-order chi connectivity index (χ1) is 41.0. The molecule has 0 radical (unpaired) electrons. The Kier molecular flexibility index (Phi) is 62.9. The van der Waals surface area contributed by atoms with Gasteiger partial charge in [0.1, 0.15) is 19.8 Å². The van der Waals surface area contributed by atoms with Crippen molar-refractivity contribution >= 4 is 19.8 Å². The van der Waals surface area contributed by atoms with Crippen LogP contribution in [0.2, 0.25) is 0 Å². The third kappa shape index (κ3) is 68.6. The molecule has 0 fully saturated rings. The first-order valence-corrected chi connectivity index (χ1v) is 37.1. The number of carbonyl (C=O) groups excluding carboxylic acids is 2. The summed E-state index contributed by atoms with van der Waals surface area (Å²) in [5.41, 5.74) is 0. The molecule has 0 aromatic carbocycles. The van der Waals surface area contributed by atoms with Crippen LogP contribution in [-0.2, 0) is 32.7 Å². The normalized spacial score (nSPS) is 13.5. The molecular formula is C74H136NO8P. The second-order valence-electron chi connectivity index (χ2n) is 25.2. The minimum Gasteiger partial charge on any atom is -0.756 e. The Morgan fingerprint density at radius 3 is 1.02 bits per heavy atom. The molecule has 0 aliphatic heterocycles. The van der Waals surface area contributed by atoms with Crippen LogP contribution in [0, 0.1) is 0 Å². The summed E-state index contributed by atoms with van der Waals surface area (Å²) in [4.78, 5) is 38.0. The van der Waals surface area contributed by atoms with Gasteiger partial charge in [0.15, 0.2) is 6.10 Å². The van der Waals surface area contributed by atoms with Gasteiger partial charge in [-0.15, -0.1) is 0 Å². The van der Waals surface area contributed by atoms with Crippen molar-refractivity contribution in [3.63, 3.8) is 0 Å². The summed E-state index contributed by atoms with van der Waals surface area (Å²) in [5, 5.41) is 0. The lowest BCUT2D eigenvalue weighted by atomic mass is 10.0. The maximum atomic E-state index is 12.9. The number of hydrogen-bond donors (Lipinski definition) is 0. The van der Waals surface area contributed by atoms with E-state index < -0.39 is 26.5 Å². The molecular weight excluding hydrogens is 1060 g/mol. The lowest BCUT2D eigenvalue weighted by Gasteiger charge is -2.28. The molecule has 0 saturated carbocycles. The van der Waals surface area contributed by atoms with Crippen LogP contribution in [0.1, 0.15) is 335 Å². The number of allylic oxidation sites excluding steroid dienone is 12. The lowest BCUT2D eigenvalue weighted by Crippen LogP contribution is -2.37. The first kappa shape index (κ1) is 81.5. The molecule has 0 saturated heterocycles. The van der Waals surface area contributed by atoms with Crippen LogP contribution >= 0.6 is 7.82 Å². The molecule has 2 atom stereocenters. The van der Waals surface area contributed by atoms with Crippen LogP contribution in [0.15, 0.2) is 72.9 Å². The predicted octanol–water partition coefficient (Wildman–Crippen LogP) is 22.5. The lowest BCUT2D eigenvalue weighted by molar-refractivity contribution is -0.870. The topological polar surface area (TPSA) is 111 Å². The molecule has 0 aromatic rings. The maximum absolute atomic E-state index is 12.9. The number of phosphoric acid groups is 1. The fourth-order valence-electron chi connectivity index (χ4n) is 10.3. The van der Waals surface area contributed by atoms with Gasteiger partial charge in [-0.2, -0.15) is 0 Å². The van der Waals surface area contributed by atoms with E-state index in [2.05, 4.69) is 86.8 Å². The Hall–Kier alpha value is -2.55. The van der Waals surface area contributed by atoms with Gasteiger partial charge >= 0.3 is 11.9 Å². The van der Waals surface area contributed by atoms with E-state index in [1.54, 1.807) is 0 Å². The van der Waals surface area contributed by atoms with E-state index in [9.17, 15) is 19.0 Å². The standard InChI is InChI=1S/C74H136NO8P/c1-6-8-10-12-14-16-18-20-22-24-26-28-29-30-31-32-33-34-35-36-37-38-39-40-41-42-43-44-45-47-49-51-53-55-57-59-61-63-65-67-74(77)83-72(71-82-84(78,79)81-69-68-75(3,4)5)70-80-73(76)66-64-62-60-58-56-54-52-50-48-46-27-25-23-21-19-17-15-13-11-9-7-2/h8,10,14,16,20,22,25-28,30-31,72H,6-7,9,11-13,15,17-19,21,23-24,29,32-71H2,1-5H3/b10-8-,16-14-,22-20-,27-25-,28-26-,31-30-. The van der Waals surface area contributed by atoms with Crippen LogP contribution in [-0.4, -0.2) is 70.0 Å². The van der Waals surface area contributed by atoms with Gasteiger partial charge in [0.25, 0.3) is 7.82 Å². The minimum atomic E-state index is -4.64. The van der Waals surface area contributed by atoms with Crippen molar-refractivity contribution in [3.8, 4) is 0 Å². The molecule has 10 heteroatoms. The summed E-state index contributed by atoms with van der Waals surface area (Å²) < 4.78 is 34.3. The van der Waals surface area contributed by atoms with Gasteiger partial charge in [0, 0.05) is 12.8 Å². The molecule has 0 aliphatic carbocycles. The quantitative estimate of drug-likeness (QED) is 0.0195. The van der Waals surface area contributed by atoms with E-state index in [0.717, 1.165) is 64.2 Å². The summed E-state index contributed by atoms with van der Waals surface area (Å²) >= 11 is 0. The number of hydrogen-bond acceptors (Lipinski definition) is 8. The van der Waals surface area contributed by atoms with Crippen LogP contribution in [0.5, 0.6) is 0 Å². The fraction of sp³-hybridized carbons (Fsp3) is 0.811. The number of esters is 2. The average molecular weight is 1200 g/mol. The van der Waals surface area contributed by atoms with Crippen LogP contribution in [0.25, 0.3) is 0 Å². The molecule has 84 heavy (non-hydrogen) atoms. The number of carbonyl (C=O) groups is 2. The van der Waals surface area contributed by atoms with Gasteiger partial charge in [0.2, 0.25) is 0 Å². The molecule has 9 nitrogen and oxygen atoms in total. The number of phosphoric ester groups is 1. The summed E-state index contributed by atoms with van der Waals surface area (Å²) in [6.45, 7) is 4.17. The second kappa shape index (κ2) is 64.9. The van der Waals surface area contributed by atoms with Crippen molar-refractivity contribution < 1.29 is 42.1 Å². The zero-order valence-corrected chi connectivity index (χ0v) is 56.7. The molecule has 0 aromatic heterocycles. The van der Waals surface area contributed by atoms with E-state index in [1.807, 2.05) is 21.1 Å². The SMILES string of the molecule is CC/C=C\C/C=C\C/C=C\C/C=C\C/C=C\CCCCCCCCCCCCCCCCCCCCCCCCCC(=O)OC(COC(=O)CCCCCCCCCCC/C=C\CCCCCCCCCC)COP(=O)([O-])OCC[N+](C)(C)C. The van der Waals surface area contributed by atoms with E-state index in [4.69, 9.17) is 18.5 Å². The number of quaternary nitrogens is 1. The smallest absolute Gasteiger partial charge is 0.306 e. The predicted molar refractivity (Wildman–Crippen MR) is 360 cm³/mol. The van der Waals surface area contributed by atoms with Gasteiger partial charge in [-0.3, -0.25) is 14.2 Å². The Bertz CT molecular complexity index is 1650. The Balaban J connectivity index is 3.94. The highest BCUT2D eigenvalue weighted by atomic mass is 31.2. The summed E-state index contributed by atoms with van der Waals surface area (Å²) in [7, 11) is 1.18. The van der Waals surface area contributed by atoms with E-state index >= 15 is 0 Å². The highest BCUT2D eigenvalue weighted by Crippen LogP contribution is 2.38. The van der Waals surface area contributed by atoms with Crippen LogP contribution in [0.4, 0.5) is 0 Å². The number of rotatable bonds is 66. The van der Waals surface area contributed by atoms with Gasteiger partial charge in [0.05, 0.1) is 27.7 Å². The molecule has 0 rings (SSSR count). The van der Waals surface area contributed by atoms with Gasteiger partial charge in [-0.25, -0.2) is 0 Å². The average Bonchev–Trinajstić information content (AvgIpc) is 3.61. The van der Waals surface area contributed by atoms with Crippen molar-refractivity contribution in [3.05, 3.63) is 72.9 Å². The van der Waals surface area contributed by atoms with E-state index in [-0.39, 0.29) is 32.0 Å². The van der Waals surface area contributed by atoms with Crippen LogP contribution < -0.4 is 4.89 Å².